The molecule has 2 aromatic rings. The fourth-order valence-corrected chi connectivity index (χ4v) is 1.71. The van der Waals surface area contributed by atoms with E-state index in [1.54, 1.807) is 13.3 Å². The van der Waals surface area contributed by atoms with Crippen molar-refractivity contribution in [2.75, 3.05) is 7.11 Å². The molecule has 0 amide bonds. The molecule has 0 aliphatic carbocycles. The highest BCUT2D eigenvalue weighted by atomic mass is 16.5. The number of aryl methyl sites for hydroxylation is 1. The molecule has 1 aromatic carbocycles. The average Bonchev–Trinajstić information content (AvgIpc) is 2.75. The molecule has 1 N–H and O–H groups in total. The van der Waals surface area contributed by atoms with E-state index in [0.29, 0.717) is 6.42 Å². The Morgan fingerprint density at radius 1 is 1.35 bits per heavy atom. The molecule has 0 spiro atoms. The number of benzene rings is 1. The molecule has 0 bridgehead atoms. The molecule has 90 valence electrons. The third kappa shape index (κ3) is 2.65. The first-order valence-electron chi connectivity index (χ1n) is 5.49. The quantitative estimate of drug-likeness (QED) is 0.872. The largest absolute Gasteiger partial charge is 0.497 e. The second kappa shape index (κ2) is 5.01. The van der Waals surface area contributed by atoms with E-state index in [1.165, 1.54) is 0 Å². The molecule has 0 saturated heterocycles. The number of hydrogen-bond donors (Lipinski definition) is 1. The molecule has 0 aliphatic heterocycles. The van der Waals surface area contributed by atoms with Crippen LogP contribution < -0.4 is 4.74 Å². The van der Waals surface area contributed by atoms with Gasteiger partial charge in [-0.25, -0.2) is 4.98 Å². The average molecular weight is 232 g/mol. The van der Waals surface area contributed by atoms with Gasteiger partial charge in [-0.1, -0.05) is 12.1 Å². The number of imidazole rings is 1. The van der Waals surface area contributed by atoms with Gasteiger partial charge in [0.2, 0.25) is 0 Å². The molecule has 0 fully saturated rings. The Morgan fingerprint density at radius 2 is 2.06 bits per heavy atom. The lowest BCUT2D eigenvalue weighted by molar-refractivity contribution is 0.175. The first-order valence-corrected chi connectivity index (χ1v) is 5.49. The topological polar surface area (TPSA) is 47.3 Å². The highest BCUT2D eigenvalue weighted by molar-refractivity contribution is 5.28. The number of aliphatic hydroxyl groups excluding tert-OH is 1. The van der Waals surface area contributed by atoms with E-state index < -0.39 is 6.10 Å². The van der Waals surface area contributed by atoms with Gasteiger partial charge < -0.3 is 14.4 Å². The Bertz CT molecular complexity index is 476. The molecule has 0 radical (unpaired) electrons. The molecule has 4 nitrogen and oxygen atoms in total. The van der Waals surface area contributed by atoms with Crippen LogP contribution in [0.5, 0.6) is 5.75 Å². The van der Waals surface area contributed by atoms with Crippen molar-refractivity contribution in [3.8, 4) is 5.75 Å². The van der Waals surface area contributed by atoms with Gasteiger partial charge in [-0.2, -0.15) is 0 Å². The normalized spacial score (nSPS) is 12.4. The summed E-state index contributed by atoms with van der Waals surface area (Å²) in [7, 11) is 3.54. The van der Waals surface area contributed by atoms with E-state index in [-0.39, 0.29) is 0 Å². The van der Waals surface area contributed by atoms with Crippen molar-refractivity contribution >= 4 is 0 Å². The third-order valence-corrected chi connectivity index (χ3v) is 2.80. The van der Waals surface area contributed by atoms with Crippen LogP contribution in [-0.4, -0.2) is 21.8 Å². The van der Waals surface area contributed by atoms with Crippen molar-refractivity contribution in [1.82, 2.24) is 9.55 Å². The summed E-state index contributed by atoms with van der Waals surface area (Å²) in [4.78, 5) is 4.19. The lowest BCUT2D eigenvalue weighted by Crippen LogP contribution is -2.06. The van der Waals surface area contributed by atoms with E-state index in [4.69, 9.17) is 4.74 Å². The number of rotatable bonds is 4. The number of ether oxygens (including phenoxy) is 1. The van der Waals surface area contributed by atoms with Gasteiger partial charge in [0.25, 0.3) is 0 Å². The minimum atomic E-state index is -0.540. The standard InChI is InChI=1S/C13H16N2O2/c1-15-8-7-14-13(15)9-12(16)10-3-5-11(17-2)6-4-10/h3-8,12,16H,9H2,1-2H3/t12-/m0/s1. The molecule has 1 heterocycles. The molecule has 17 heavy (non-hydrogen) atoms. The number of methoxy groups -OCH3 is 1. The number of aromatic nitrogens is 2. The van der Waals surface area contributed by atoms with Crippen molar-refractivity contribution < 1.29 is 9.84 Å². The maximum Gasteiger partial charge on any atom is 0.118 e. The molecule has 4 heteroatoms. The second-order valence-electron chi connectivity index (χ2n) is 3.95. The molecule has 2 rings (SSSR count). The zero-order valence-electron chi connectivity index (χ0n) is 10.00. The zero-order chi connectivity index (χ0) is 12.3. The highest BCUT2D eigenvalue weighted by Gasteiger charge is 2.11. The third-order valence-electron chi connectivity index (χ3n) is 2.80. The monoisotopic (exact) mass is 232 g/mol. The van der Waals surface area contributed by atoms with E-state index in [2.05, 4.69) is 4.98 Å². The van der Waals surface area contributed by atoms with Crippen molar-refractivity contribution in [2.24, 2.45) is 7.05 Å². The van der Waals surface area contributed by atoms with Crippen LogP contribution in [-0.2, 0) is 13.5 Å². The number of nitrogens with zero attached hydrogens (tertiary/aromatic N) is 2. The molecule has 0 saturated carbocycles. The van der Waals surface area contributed by atoms with Crippen molar-refractivity contribution in [3.63, 3.8) is 0 Å². The van der Waals surface area contributed by atoms with Crippen LogP contribution in [0, 0.1) is 0 Å². The second-order valence-corrected chi connectivity index (χ2v) is 3.95. The maximum absolute atomic E-state index is 10.1. The predicted molar refractivity (Wildman–Crippen MR) is 64.9 cm³/mol. The Morgan fingerprint density at radius 3 is 2.59 bits per heavy atom. The minimum absolute atomic E-state index is 0.510. The Kier molecular flexibility index (Phi) is 3.44. The summed E-state index contributed by atoms with van der Waals surface area (Å²) in [6, 6.07) is 7.42. The zero-order valence-corrected chi connectivity index (χ0v) is 10.00. The van der Waals surface area contributed by atoms with Gasteiger partial charge in [0, 0.05) is 25.9 Å². The summed E-state index contributed by atoms with van der Waals surface area (Å²) in [5.41, 5.74) is 0.869. The van der Waals surface area contributed by atoms with Crippen molar-refractivity contribution in [1.29, 1.82) is 0 Å². The lowest BCUT2D eigenvalue weighted by atomic mass is 10.1. The summed E-state index contributed by atoms with van der Waals surface area (Å²) >= 11 is 0. The van der Waals surface area contributed by atoms with Gasteiger partial charge >= 0.3 is 0 Å². The fraction of sp³-hybridized carbons (Fsp3) is 0.308. The van der Waals surface area contributed by atoms with Crippen LogP contribution in [0.3, 0.4) is 0 Å². The molecule has 1 atom stereocenters. The summed E-state index contributed by atoms with van der Waals surface area (Å²) in [6.45, 7) is 0. The van der Waals surface area contributed by atoms with Gasteiger partial charge in [-0.05, 0) is 17.7 Å². The summed E-state index contributed by atoms with van der Waals surface area (Å²) in [5.74, 6) is 1.66. The smallest absolute Gasteiger partial charge is 0.118 e. The van der Waals surface area contributed by atoms with Gasteiger partial charge in [-0.15, -0.1) is 0 Å². The van der Waals surface area contributed by atoms with Gasteiger partial charge in [0.1, 0.15) is 11.6 Å². The van der Waals surface area contributed by atoms with E-state index in [1.807, 2.05) is 42.1 Å². The van der Waals surface area contributed by atoms with Crippen LogP contribution in [0.2, 0.25) is 0 Å². The predicted octanol–water partition coefficient (Wildman–Crippen LogP) is 1.70. The van der Waals surface area contributed by atoms with E-state index in [9.17, 15) is 5.11 Å². The van der Waals surface area contributed by atoms with Crippen molar-refractivity contribution in [3.05, 3.63) is 48.0 Å². The van der Waals surface area contributed by atoms with Crippen LogP contribution in [0.1, 0.15) is 17.5 Å². The summed E-state index contributed by atoms with van der Waals surface area (Å²) in [6.07, 6.45) is 3.57. The summed E-state index contributed by atoms with van der Waals surface area (Å²) < 4.78 is 6.99. The van der Waals surface area contributed by atoms with E-state index in [0.717, 1.165) is 17.1 Å². The minimum Gasteiger partial charge on any atom is -0.497 e. The fourth-order valence-electron chi connectivity index (χ4n) is 1.71. The van der Waals surface area contributed by atoms with Crippen LogP contribution in [0.15, 0.2) is 36.7 Å². The molecular formula is C13H16N2O2. The molecule has 0 unspecified atom stereocenters. The van der Waals surface area contributed by atoms with Crippen LogP contribution >= 0.6 is 0 Å². The van der Waals surface area contributed by atoms with E-state index >= 15 is 0 Å². The highest BCUT2D eigenvalue weighted by Crippen LogP contribution is 2.20. The number of hydrogen-bond acceptors (Lipinski definition) is 3. The van der Waals surface area contributed by atoms with Crippen molar-refractivity contribution in [2.45, 2.75) is 12.5 Å². The van der Waals surface area contributed by atoms with Gasteiger partial charge in [0.15, 0.2) is 0 Å². The Hall–Kier alpha value is -1.81. The summed E-state index contributed by atoms with van der Waals surface area (Å²) in [5, 5.41) is 10.1. The van der Waals surface area contributed by atoms with Gasteiger partial charge in [-0.3, -0.25) is 0 Å². The Labute approximate surface area is 100 Å². The Balaban J connectivity index is 2.09. The number of aliphatic hydroxyl groups is 1. The molecular weight excluding hydrogens is 216 g/mol. The molecule has 1 aromatic heterocycles. The molecule has 0 aliphatic rings. The van der Waals surface area contributed by atoms with Gasteiger partial charge in [0.05, 0.1) is 13.2 Å². The van der Waals surface area contributed by atoms with Crippen LogP contribution in [0.25, 0.3) is 0 Å². The first-order chi connectivity index (χ1) is 8.20. The maximum atomic E-state index is 10.1. The SMILES string of the molecule is COc1ccc([C@@H](O)Cc2nccn2C)cc1. The first kappa shape index (κ1) is 11.7. The lowest BCUT2D eigenvalue weighted by Gasteiger charge is -2.11. The van der Waals surface area contributed by atoms with Crippen LogP contribution in [0.4, 0.5) is 0 Å².